The van der Waals surface area contributed by atoms with Crippen molar-refractivity contribution in [2.24, 2.45) is 0 Å². The van der Waals surface area contributed by atoms with E-state index in [-0.39, 0.29) is 17.8 Å². The zero-order valence-corrected chi connectivity index (χ0v) is 12.8. The summed E-state index contributed by atoms with van der Waals surface area (Å²) in [6.45, 7) is 1.80. The molecule has 2 aromatic rings. The molecule has 3 N–H and O–H groups in total. The van der Waals surface area contributed by atoms with Crippen molar-refractivity contribution in [2.45, 2.75) is 25.4 Å². The summed E-state index contributed by atoms with van der Waals surface area (Å²) in [4.78, 5) is 42.5. The maximum atomic E-state index is 11.6. The molecule has 1 aliphatic rings. The molecule has 3 rings (SSSR count). The molecule has 0 aromatic carbocycles. The van der Waals surface area contributed by atoms with E-state index in [4.69, 9.17) is 9.79 Å². The highest BCUT2D eigenvalue weighted by molar-refractivity contribution is 7.51. The van der Waals surface area contributed by atoms with Gasteiger partial charge in [0.25, 0.3) is 5.56 Å². The van der Waals surface area contributed by atoms with E-state index in [0.717, 1.165) is 19.4 Å². The molecule has 120 valence electrons. The van der Waals surface area contributed by atoms with Gasteiger partial charge in [-0.3, -0.25) is 14.3 Å². The van der Waals surface area contributed by atoms with Crippen LogP contribution >= 0.6 is 7.60 Å². The molecule has 1 fully saturated rings. The molecular weight excluding hydrogens is 309 g/mol. The Morgan fingerprint density at radius 2 is 2.23 bits per heavy atom. The van der Waals surface area contributed by atoms with Gasteiger partial charge in [0.15, 0.2) is 11.2 Å². The second-order valence-corrected chi connectivity index (χ2v) is 7.30. The monoisotopic (exact) mass is 327 g/mol. The molecule has 2 aromatic heterocycles. The van der Waals surface area contributed by atoms with Crippen LogP contribution in [0.1, 0.15) is 12.8 Å². The highest BCUT2D eigenvalue weighted by Gasteiger charge is 2.27. The summed E-state index contributed by atoms with van der Waals surface area (Å²) in [5.41, 5.74) is 0.571. The number of fused-ring (bicyclic) bond motifs is 1. The van der Waals surface area contributed by atoms with Crippen LogP contribution in [0, 0.1) is 0 Å². The van der Waals surface area contributed by atoms with E-state index in [1.165, 1.54) is 6.33 Å². The normalized spacial score (nSPS) is 20.0. The van der Waals surface area contributed by atoms with Crippen molar-refractivity contribution in [1.29, 1.82) is 0 Å². The zero-order chi connectivity index (χ0) is 15.7. The first kappa shape index (κ1) is 15.4. The maximum Gasteiger partial charge on any atom is 0.326 e. The van der Waals surface area contributed by atoms with Gasteiger partial charge in [-0.1, -0.05) is 0 Å². The molecule has 0 unspecified atom stereocenters. The number of aromatic nitrogens is 4. The number of aromatic amines is 1. The Morgan fingerprint density at radius 3 is 3.00 bits per heavy atom. The van der Waals surface area contributed by atoms with Crippen LogP contribution in [0.4, 0.5) is 0 Å². The first-order valence-corrected chi connectivity index (χ1v) is 8.91. The number of likely N-dealkylation sites (tertiary alicyclic amines) is 1. The van der Waals surface area contributed by atoms with Crippen LogP contribution in [-0.2, 0) is 11.1 Å². The van der Waals surface area contributed by atoms with Crippen LogP contribution in [0.3, 0.4) is 0 Å². The van der Waals surface area contributed by atoms with Crippen LogP contribution in [0.25, 0.3) is 11.2 Å². The number of rotatable bonds is 5. The fourth-order valence-electron chi connectivity index (χ4n) is 2.91. The second-order valence-electron chi connectivity index (χ2n) is 5.52. The first-order valence-electron chi connectivity index (χ1n) is 7.11. The number of hydrogen-bond donors (Lipinski definition) is 3. The first-order chi connectivity index (χ1) is 10.4. The lowest BCUT2D eigenvalue weighted by Gasteiger charge is -2.24. The molecule has 0 amide bonds. The minimum absolute atomic E-state index is 0.133. The van der Waals surface area contributed by atoms with Crippen LogP contribution < -0.4 is 5.56 Å². The highest BCUT2D eigenvalue weighted by atomic mass is 31.2. The van der Waals surface area contributed by atoms with Gasteiger partial charge in [-0.05, 0) is 19.4 Å². The van der Waals surface area contributed by atoms with E-state index in [1.54, 1.807) is 6.33 Å². The minimum Gasteiger partial charge on any atom is -0.324 e. The third-order valence-corrected chi connectivity index (χ3v) is 4.78. The summed E-state index contributed by atoms with van der Waals surface area (Å²) >= 11 is 0. The summed E-state index contributed by atoms with van der Waals surface area (Å²) < 4.78 is 12.9. The van der Waals surface area contributed by atoms with E-state index in [9.17, 15) is 9.36 Å². The number of nitrogens with zero attached hydrogens (tertiary/aromatic N) is 4. The lowest BCUT2D eigenvalue weighted by atomic mass is 10.2. The molecule has 9 nitrogen and oxygen atoms in total. The fraction of sp³-hybridized carbons (Fsp3) is 0.583. The molecule has 3 heterocycles. The van der Waals surface area contributed by atoms with Crippen LogP contribution in [-0.4, -0.2) is 59.5 Å². The van der Waals surface area contributed by atoms with Crippen molar-refractivity contribution in [3.05, 3.63) is 23.0 Å². The Balaban J connectivity index is 1.75. The Morgan fingerprint density at radius 1 is 1.41 bits per heavy atom. The maximum absolute atomic E-state index is 11.6. The van der Waals surface area contributed by atoms with Crippen molar-refractivity contribution in [3.63, 3.8) is 0 Å². The molecule has 0 bridgehead atoms. The molecule has 22 heavy (non-hydrogen) atoms. The number of hydrogen-bond acceptors (Lipinski definition) is 5. The predicted octanol–water partition coefficient (Wildman–Crippen LogP) is -0.238. The SMILES string of the molecule is O=c1[nH]cnc2c1ncn2C[C@H]1CCCN1CCP(=O)(O)O. The molecule has 0 saturated carbocycles. The minimum atomic E-state index is -3.98. The summed E-state index contributed by atoms with van der Waals surface area (Å²) in [5, 5.41) is 0. The Labute approximate surface area is 126 Å². The van der Waals surface area contributed by atoms with Crippen molar-refractivity contribution in [3.8, 4) is 0 Å². The summed E-state index contributed by atoms with van der Waals surface area (Å²) in [6.07, 6.45) is 4.75. The van der Waals surface area contributed by atoms with Gasteiger partial charge in [0.05, 0.1) is 18.8 Å². The van der Waals surface area contributed by atoms with Gasteiger partial charge in [-0.2, -0.15) is 0 Å². The molecular formula is C12H18N5O4P. The third kappa shape index (κ3) is 3.27. The number of imidazole rings is 1. The van der Waals surface area contributed by atoms with Crippen LogP contribution in [0.2, 0.25) is 0 Å². The molecule has 10 heteroatoms. The topological polar surface area (TPSA) is 124 Å². The van der Waals surface area contributed by atoms with Crippen molar-refractivity contribution < 1.29 is 14.4 Å². The lowest BCUT2D eigenvalue weighted by molar-refractivity contribution is 0.241. The van der Waals surface area contributed by atoms with Gasteiger partial charge in [0, 0.05) is 19.1 Å². The van der Waals surface area contributed by atoms with Crippen molar-refractivity contribution in [1.82, 2.24) is 24.4 Å². The van der Waals surface area contributed by atoms with Crippen molar-refractivity contribution in [2.75, 3.05) is 19.3 Å². The van der Waals surface area contributed by atoms with E-state index < -0.39 is 7.60 Å². The Bertz CT molecular complexity index is 766. The van der Waals surface area contributed by atoms with E-state index in [1.807, 2.05) is 4.57 Å². The molecule has 1 saturated heterocycles. The number of nitrogens with one attached hydrogen (secondary N) is 1. The fourth-order valence-corrected chi connectivity index (χ4v) is 3.42. The average Bonchev–Trinajstić information content (AvgIpc) is 3.05. The number of H-pyrrole nitrogens is 1. The van der Waals surface area contributed by atoms with E-state index >= 15 is 0 Å². The average molecular weight is 327 g/mol. The van der Waals surface area contributed by atoms with Gasteiger partial charge < -0.3 is 19.3 Å². The molecule has 0 radical (unpaired) electrons. The zero-order valence-electron chi connectivity index (χ0n) is 11.9. The Hall–Kier alpha value is -1.54. The predicted molar refractivity (Wildman–Crippen MR) is 79.7 cm³/mol. The molecule has 0 aliphatic carbocycles. The highest BCUT2D eigenvalue weighted by Crippen LogP contribution is 2.34. The summed E-state index contributed by atoms with van der Waals surface area (Å²) in [7, 11) is -3.98. The standard InChI is InChI=1S/C12H18N5O4P/c18-12-10-11(13-7-14-12)17(8-15-10)6-9-2-1-3-16(9)4-5-22(19,20)21/h7-9H,1-6H2,(H,13,14,18)(H2,19,20,21)/t9-/m1/s1. The van der Waals surface area contributed by atoms with Gasteiger partial charge in [-0.15, -0.1) is 0 Å². The van der Waals surface area contributed by atoms with E-state index in [2.05, 4.69) is 19.9 Å². The van der Waals surface area contributed by atoms with E-state index in [0.29, 0.717) is 24.3 Å². The van der Waals surface area contributed by atoms with Gasteiger partial charge in [0.2, 0.25) is 0 Å². The third-order valence-electron chi connectivity index (χ3n) is 3.99. The Kier molecular flexibility index (Phi) is 4.14. The van der Waals surface area contributed by atoms with Gasteiger partial charge in [0.1, 0.15) is 0 Å². The van der Waals surface area contributed by atoms with Crippen LogP contribution in [0.15, 0.2) is 17.4 Å². The molecule has 0 spiro atoms. The smallest absolute Gasteiger partial charge is 0.324 e. The summed E-state index contributed by atoms with van der Waals surface area (Å²) in [5.74, 6) is 0. The van der Waals surface area contributed by atoms with Gasteiger partial charge >= 0.3 is 7.60 Å². The van der Waals surface area contributed by atoms with Gasteiger partial charge in [-0.25, -0.2) is 9.97 Å². The quantitative estimate of drug-likeness (QED) is 0.647. The lowest BCUT2D eigenvalue weighted by Crippen LogP contribution is -2.35. The summed E-state index contributed by atoms with van der Waals surface area (Å²) in [6, 6.07) is 0.171. The van der Waals surface area contributed by atoms with Crippen molar-refractivity contribution >= 4 is 18.8 Å². The molecule has 1 atom stereocenters. The molecule has 1 aliphatic heterocycles. The van der Waals surface area contributed by atoms with Crippen LogP contribution in [0.5, 0.6) is 0 Å². The largest absolute Gasteiger partial charge is 0.326 e. The second kappa shape index (κ2) is 5.92.